The highest BCUT2D eigenvalue weighted by molar-refractivity contribution is 7.13. The SMILES string of the molecule is C1=C(c2c[nH]c3ccc(-c4nccs4)cc23)CCNC1. The molecule has 0 aliphatic carbocycles. The van der Waals surface area contributed by atoms with Crippen molar-refractivity contribution in [2.24, 2.45) is 0 Å². The monoisotopic (exact) mass is 281 g/mol. The van der Waals surface area contributed by atoms with Gasteiger partial charge in [-0.2, -0.15) is 0 Å². The summed E-state index contributed by atoms with van der Waals surface area (Å²) in [5, 5.41) is 7.76. The summed E-state index contributed by atoms with van der Waals surface area (Å²) in [5.41, 5.74) is 5.16. The van der Waals surface area contributed by atoms with Gasteiger partial charge in [-0.05, 0) is 36.7 Å². The smallest absolute Gasteiger partial charge is 0.123 e. The Kier molecular flexibility index (Phi) is 2.90. The van der Waals surface area contributed by atoms with E-state index in [0.717, 1.165) is 24.5 Å². The third-order valence-corrected chi connectivity index (χ3v) is 4.59. The fourth-order valence-electron chi connectivity index (χ4n) is 2.75. The molecule has 0 amide bonds. The van der Waals surface area contributed by atoms with Crippen LogP contribution < -0.4 is 5.32 Å². The van der Waals surface area contributed by atoms with E-state index in [9.17, 15) is 0 Å². The van der Waals surface area contributed by atoms with Crippen LogP contribution in [0.25, 0.3) is 27.0 Å². The molecule has 20 heavy (non-hydrogen) atoms. The van der Waals surface area contributed by atoms with Crippen molar-refractivity contribution in [1.82, 2.24) is 15.3 Å². The van der Waals surface area contributed by atoms with Crippen LogP contribution in [0.15, 0.2) is 42.0 Å². The Bertz CT molecular complexity index is 768. The molecule has 0 saturated heterocycles. The predicted octanol–water partition coefficient (Wildman–Crippen LogP) is 3.67. The molecule has 3 nitrogen and oxygen atoms in total. The van der Waals surface area contributed by atoms with E-state index in [4.69, 9.17) is 0 Å². The average molecular weight is 281 g/mol. The summed E-state index contributed by atoms with van der Waals surface area (Å²) in [6.07, 6.45) is 7.38. The number of aromatic amines is 1. The van der Waals surface area contributed by atoms with Gasteiger partial charge in [0.15, 0.2) is 0 Å². The van der Waals surface area contributed by atoms with Crippen LogP contribution in [0.4, 0.5) is 0 Å². The second-order valence-electron chi connectivity index (χ2n) is 4.98. The Hall–Kier alpha value is -1.91. The van der Waals surface area contributed by atoms with Gasteiger partial charge in [-0.1, -0.05) is 6.08 Å². The van der Waals surface area contributed by atoms with Crippen LogP contribution in [-0.2, 0) is 0 Å². The highest BCUT2D eigenvalue weighted by Crippen LogP contribution is 2.32. The van der Waals surface area contributed by atoms with E-state index < -0.39 is 0 Å². The van der Waals surface area contributed by atoms with E-state index in [0.29, 0.717) is 0 Å². The summed E-state index contributed by atoms with van der Waals surface area (Å²) in [5.74, 6) is 0. The van der Waals surface area contributed by atoms with Gasteiger partial charge in [-0.25, -0.2) is 4.98 Å². The van der Waals surface area contributed by atoms with Gasteiger partial charge in [0.25, 0.3) is 0 Å². The minimum atomic E-state index is 0.966. The molecule has 0 bridgehead atoms. The molecular weight excluding hydrogens is 266 g/mol. The van der Waals surface area contributed by atoms with Crippen LogP contribution in [0.3, 0.4) is 0 Å². The molecule has 0 saturated carbocycles. The maximum Gasteiger partial charge on any atom is 0.123 e. The topological polar surface area (TPSA) is 40.7 Å². The Morgan fingerprint density at radius 3 is 3.05 bits per heavy atom. The van der Waals surface area contributed by atoms with Crippen molar-refractivity contribution < 1.29 is 0 Å². The van der Waals surface area contributed by atoms with Crippen LogP contribution in [0, 0.1) is 0 Å². The number of nitrogens with zero attached hydrogens (tertiary/aromatic N) is 1. The lowest BCUT2D eigenvalue weighted by Crippen LogP contribution is -2.19. The summed E-state index contributed by atoms with van der Waals surface area (Å²) in [4.78, 5) is 7.78. The molecule has 0 fully saturated rings. The van der Waals surface area contributed by atoms with Gasteiger partial charge >= 0.3 is 0 Å². The largest absolute Gasteiger partial charge is 0.361 e. The second kappa shape index (κ2) is 4.89. The minimum Gasteiger partial charge on any atom is -0.361 e. The lowest BCUT2D eigenvalue weighted by Gasteiger charge is -2.13. The lowest BCUT2D eigenvalue weighted by molar-refractivity contribution is 0.739. The number of thiazole rings is 1. The lowest BCUT2D eigenvalue weighted by atomic mass is 9.99. The number of aromatic nitrogens is 2. The molecule has 3 aromatic rings. The van der Waals surface area contributed by atoms with Crippen molar-refractivity contribution in [3.8, 4) is 10.6 Å². The third kappa shape index (κ3) is 1.97. The van der Waals surface area contributed by atoms with E-state index >= 15 is 0 Å². The molecule has 0 spiro atoms. The third-order valence-electron chi connectivity index (χ3n) is 3.77. The molecule has 0 atom stereocenters. The number of H-pyrrole nitrogens is 1. The predicted molar refractivity (Wildman–Crippen MR) is 84.9 cm³/mol. The van der Waals surface area contributed by atoms with Crippen LogP contribution in [-0.4, -0.2) is 23.1 Å². The maximum atomic E-state index is 4.40. The zero-order chi connectivity index (χ0) is 13.4. The van der Waals surface area contributed by atoms with Crippen molar-refractivity contribution in [2.45, 2.75) is 6.42 Å². The number of rotatable bonds is 2. The average Bonchev–Trinajstić information content (AvgIpc) is 3.17. The highest BCUT2D eigenvalue weighted by atomic mass is 32.1. The fourth-order valence-corrected chi connectivity index (χ4v) is 3.39. The molecule has 4 rings (SSSR count). The molecule has 1 aromatic carbocycles. The van der Waals surface area contributed by atoms with Crippen molar-refractivity contribution in [3.05, 3.63) is 47.6 Å². The Labute approximate surface area is 121 Å². The number of hydrogen-bond acceptors (Lipinski definition) is 3. The Balaban J connectivity index is 1.86. The molecule has 1 aliphatic rings. The van der Waals surface area contributed by atoms with E-state index in [1.807, 2.05) is 11.6 Å². The first-order valence-corrected chi connectivity index (χ1v) is 7.71. The first kappa shape index (κ1) is 11.9. The van der Waals surface area contributed by atoms with Gasteiger partial charge in [0.2, 0.25) is 0 Å². The number of nitrogens with one attached hydrogen (secondary N) is 2. The summed E-state index contributed by atoms with van der Waals surface area (Å²) in [6, 6.07) is 6.54. The molecule has 100 valence electrons. The maximum absolute atomic E-state index is 4.40. The number of hydrogen-bond donors (Lipinski definition) is 2. The van der Waals surface area contributed by atoms with Crippen LogP contribution in [0.1, 0.15) is 12.0 Å². The molecular formula is C16H15N3S. The van der Waals surface area contributed by atoms with Crippen LogP contribution >= 0.6 is 11.3 Å². The molecule has 4 heteroatoms. The van der Waals surface area contributed by atoms with Crippen molar-refractivity contribution in [3.63, 3.8) is 0 Å². The van der Waals surface area contributed by atoms with Gasteiger partial charge in [0, 0.05) is 46.3 Å². The summed E-state index contributed by atoms with van der Waals surface area (Å²) in [6.45, 7) is 2.03. The van der Waals surface area contributed by atoms with Crippen molar-refractivity contribution in [1.29, 1.82) is 0 Å². The highest BCUT2D eigenvalue weighted by Gasteiger charge is 2.12. The van der Waals surface area contributed by atoms with Gasteiger partial charge in [0.1, 0.15) is 5.01 Å². The molecule has 3 heterocycles. The first-order chi connectivity index (χ1) is 9.92. The van der Waals surface area contributed by atoms with E-state index in [2.05, 4.69) is 45.8 Å². The molecule has 0 radical (unpaired) electrons. The standard InChI is InChI=1S/C16H15N3S/c1-2-15-13(9-12(1)16-18-7-8-20-16)14(10-19-15)11-3-5-17-6-4-11/h1-3,7-10,17,19H,4-6H2. The number of benzene rings is 1. The zero-order valence-corrected chi connectivity index (χ0v) is 11.8. The normalized spacial score (nSPS) is 15.5. The van der Waals surface area contributed by atoms with E-state index in [1.54, 1.807) is 11.3 Å². The minimum absolute atomic E-state index is 0.966. The van der Waals surface area contributed by atoms with Gasteiger partial charge in [-0.3, -0.25) is 0 Å². The fraction of sp³-hybridized carbons (Fsp3) is 0.188. The summed E-state index contributed by atoms with van der Waals surface area (Å²) in [7, 11) is 0. The summed E-state index contributed by atoms with van der Waals surface area (Å²) >= 11 is 1.68. The van der Waals surface area contributed by atoms with Crippen molar-refractivity contribution >= 4 is 27.8 Å². The molecule has 1 aliphatic heterocycles. The Morgan fingerprint density at radius 1 is 1.25 bits per heavy atom. The quantitative estimate of drug-likeness (QED) is 0.752. The van der Waals surface area contributed by atoms with E-state index in [1.165, 1.54) is 27.6 Å². The zero-order valence-electron chi connectivity index (χ0n) is 11.0. The van der Waals surface area contributed by atoms with Gasteiger partial charge in [0.05, 0.1) is 0 Å². The first-order valence-electron chi connectivity index (χ1n) is 6.83. The Morgan fingerprint density at radius 2 is 2.25 bits per heavy atom. The molecule has 0 unspecified atom stereocenters. The van der Waals surface area contributed by atoms with Crippen LogP contribution in [0.5, 0.6) is 0 Å². The van der Waals surface area contributed by atoms with Crippen LogP contribution in [0.2, 0.25) is 0 Å². The molecule has 2 aromatic heterocycles. The number of fused-ring (bicyclic) bond motifs is 1. The second-order valence-corrected chi connectivity index (χ2v) is 5.88. The van der Waals surface area contributed by atoms with E-state index in [-0.39, 0.29) is 0 Å². The molecule has 2 N–H and O–H groups in total. The van der Waals surface area contributed by atoms with Gasteiger partial charge in [-0.15, -0.1) is 11.3 Å². The van der Waals surface area contributed by atoms with Gasteiger partial charge < -0.3 is 10.3 Å². The summed E-state index contributed by atoms with van der Waals surface area (Å²) < 4.78 is 0. The van der Waals surface area contributed by atoms with Crippen molar-refractivity contribution in [2.75, 3.05) is 13.1 Å².